The third-order valence-electron chi connectivity index (χ3n) is 4.98. The van der Waals surface area contributed by atoms with Crippen molar-refractivity contribution in [2.75, 3.05) is 25.0 Å². The second kappa shape index (κ2) is 7.99. The van der Waals surface area contributed by atoms with Crippen molar-refractivity contribution >= 4 is 17.3 Å². The van der Waals surface area contributed by atoms with E-state index >= 15 is 0 Å². The Balaban J connectivity index is 1.70. The molecule has 0 saturated carbocycles. The highest BCUT2D eigenvalue weighted by molar-refractivity contribution is 5.95. The number of nitrogens with one attached hydrogen (secondary N) is 1. The van der Waals surface area contributed by atoms with Crippen LogP contribution < -0.4 is 10.2 Å². The van der Waals surface area contributed by atoms with Gasteiger partial charge in [0.25, 0.3) is 11.6 Å². The number of hydrogen-bond acceptors (Lipinski definition) is 4. The van der Waals surface area contributed by atoms with Crippen molar-refractivity contribution in [2.45, 2.75) is 19.3 Å². The third-order valence-corrected chi connectivity index (χ3v) is 4.98. The van der Waals surface area contributed by atoms with E-state index in [1.807, 2.05) is 6.07 Å². The van der Waals surface area contributed by atoms with E-state index in [-0.39, 0.29) is 11.6 Å². The topological polar surface area (TPSA) is 75.5 Å². The molecule has 1 N–H and O–H groups in total. The molecule has 2 aromatic rings. The average molecular weight is 353 g/mol. The van der Waals surface area contributed by atoms with Crippen LogP contribution in [0, 0.1) is 16.0 Å². The molecule has 1 amide bonds. The van der Waals surface area contributed by atoms with Crippen LogP contribution in [0.5, 0.6) is 0 Å². The lowest BCUT2D eigenvalue weighted by Crippen LogP contribution is -2.34. The number of anilines is 1. The number of carbonyl (C=O) groups excluding carboxylic acids is 1. The van der Waals surface area contributed by atoms with Gasteiger partial charge in [-0.1, -0.05) is 30.3 Å². The van der Waals surface area contributed by atoms with Crippen LogP contribution in [0.15, 0.2) is 48.5 Å². The van der Waals surface area contributed by atoms with Gasteiger partial charge >= 0.3 is 0 Å². The molecule has 1 fully saturated rings. The predicted molar refractivity (Wildman–Crippen MR) is 102 cm³/mol. The molecule has 0 aromatic heterocycles. The number of carbonyl (C=O) groups is 1. The van der Waals surface area contributed by atoms with Crippen LogP contribution in [0.2, 0.25) is 0 Å². The first kappa shape index (κ1) is 17.9. The van der Waals surface area contributed by atoms with Gasteiger partial charge in [0.1, 0.15) is 5.69 Å². The lowest BCUT2D eigenvalue weighted by Gasteiger charge is -2.33. The molecule has 0 bridgehead atoms. The molecule has 0 aliphatic carbocycles. The minimum atomic E-state index is -0.405. The highest BCUT2D eigenvalue weighted by atomic mass is 16.6. The normalized spacial score (nSPS) is 14.9. The fourth-order valence-electron chi connectivity index (χ4n) is 3.55. The van der Waals surface area contributed by atoms with Crippen molar-refractivity contribution in [3.05, 3.63) is 69.8 Å². The van der Waals surface area contributed by atoms with E-state index in [4.69, 9.17) is 0 Å². The molecule has 6 heteroatoms. The highest BCUT2D eigenvalue weighted by Gasteiger charge is 2.26. The van der Waals surface area contributed by atoms with Crippen molar-refractivity contribution < 1.29 is 9.72 Å². The Labute approximate surface area is 153 Å². The zero-order chi connectivity index (χ0) is 18.5. The number of nitro groups is 1. The number of nitro benzene ring substituents is 1. The second-order valence-corrected chi connectivity index (χ2v) is 6.66. The quantitative estimate of drug-likeness (QED) is 0.660. The number of piperidine rings is 1. The molecule has 1 aliphatic rings. The smallest absolute Gasteiger partial charge is 0.293 e. The first-order valence-corrected chi connectivity index (χ1v) is 8.88. The van der Waals surface area contributed by atoms with Crippen LogP contribution in [0.25, 0.3) is 0 Å². The van der Waals surface area contributed by atoms with Crippen molar-refractivity contribution in [2.24, 2.45) is 5.92 Å². The summed E-state index contributed by atoms with van der Waals surface area (Å²) < 4.78 is 0. The molecule has 0 spiro atoms. The van der Waals surface area contributed by atoms with Crippen molar-refractivity contribution in [3.63, 3.8) is 0 Å². The Morgan fingerprint density at radius 2 is 1.88 bits per heavy atom. The zero-order valence-corrected chi connectivity index (χ0v) is 14.9. The fourth-order valence-corrected chi connectivity index (χ4v) is 3.55. The molecular weight excluding hydrogens is 330 g/mol. The minimum Gasteiger partial charge on any atom is -0.366 e. The largest absolute Gasteiger partial charge is 0.366 e. The summed E-state index contributed by atoms with van der Waals surface area (Å²) in [6.45, 7) is 1.58. The summed E-state index contributed by atoms with van der Waals surface area (Å²) in [6.07, 6.45) is 3.05. The van der Waals surface area contributed by atoms with Gasteiger partial charge in [-0.15, -0.1) is 0 Å². The minimum absolute atomic E-state index is 0.00684. The number of nitrogens with zero attached hydrogens (tertiary/aromatic N) is 2. The summed E-state index contributed by atoms with van der Waals surface area (Å²) in [6, 6.07) is 15.1. The van der Waals surface area contributed by atoms with Gasteiger partial charge in [0.15, 0.2) is 0 Å². The molecule has 6 nitrogen and oxygen atoms in total. The first-order valence-electron chi connectivity index (χ1n) is 8.88. The monoisotopic (exact) mass is 353 g/mol. The molecule has 0 radical (unpaired) electrons. The van der Waals surface area contributed by atoms with Gasteiger partial charge in [-0.25, -0.2) is 0 Å². The molecule has 1 heterocycles. The SMILES string of the molecule is CNC(=O)c1ccc(N2CCC(Cc3ccccc3)CC2)c([N+](=O)[O-])c1. The van der Waals surface area contributed by atoms with Crippen LogP contribution in [0.1, 0.15) is 28.8 Å². The Hall–Kier alpha value is -2.89. The first-order chi connectivity index (χ1) is 12.6. The van der Waals surface area contributed by atoms with Crippen LogP contribution >= 0.6 is 0 Å². The summed E-state index contributed by atoms with van der Waals surface area (Å²) in [4.78, 5) is 24.9. The van der Waals surface area contributed by atoms with Crippen LogP contribution in [-0.4, -0.2) is 31.0 Å². The third kappa shape index (κ3) is 4.02. The highest BCUT2D eigenvalue weighted by Crippen LogP contribution is 2.33. The van der Waals surface area contributed by atoms with E-state index in [0.29, 0.717) is 17.2 Å². The standard InChI is InChI=1S/C20H23N3O3/c1-21-20(24)17-7-8-18(19(14-17)23(25)26)22-11-9-16(10-12-22)13-15-5-3-2-4-6-15/h2-8,14,16H,9-13H2,1H3,(H,21,24). The Bertz CT molecular complexity index is 784. The van der Waals surface area contributed by atoms with E-state index in [2.05, 4.69) is 34.5 Å². The summed E-state index contributed by atoms with van der Waals surface area (Å²) in [5, 5.41) is 14.0. The average Bonchev–Trinajstić information content (AvgIpc) is 2.68. The lowest BCUT2D eigenvalue weighted by atomic mass is 9.90. The van der Waals surface area contributed by atoms with E-state index < -0.39 is 4.92 Å². The molecule has 3 rings (SSSR count). The predicted octanol–water partition coefficient (Wildman–Crippen LogP) is 3.41. The number of benzene rings is 2. The van der Waals surface area contributed by atoms with Crippen molar-refractivity contribution in [1.82, 2.24) is 5.32 Å². The summed E-state index contributed by atoms with van der Waals surface area (Å²) in [5.74, 6) is 0.277. The number of rotatable bonds is 5. The summed E-state index contributed by atoms with van der Waals surface area (Å²) in [5.41, 5.74) is 2.24. The maximum absolute atomic E-state index is 11.7. The van der Waals surface area contributed by atoms with Crippen LogP contribution in [0.3, 0.4) is 0 Å². The van der Waals surface area contributed by atoms with E-state index in [0.717, 1.165) is 32.4 Å². The Kier molecular flexibility index (Phi) is 5.51. The summed E-state index contributed by atoms with van der Waals surface area (Å²) in [7, 11) is 1.51. The maximum atomic E-state index is 11.7. The molecule has 1 aliphatic heterocycles. The molecule has 0 unspecified atom stereocenters. The number of amides is 1. The van der Waals surface area contributed by atoms with Crippen LogP contribution in [-0.2, 0) is 6.42 Å². The Morgan fingerprint density at radius 1 is 1.19 bits per heavy atom. The molecule has 26 heavy (non-hydrogen) atoms. The van der Waals surface area contributed by atoms with Gasteiger partial charge in [0, 0.05) is 31.8 Å². The molecule has 0 atom stereocenters. The van der Waals surface area contributed by atoms with Gasteiger partial charge in [-0.05, 0) is 42.9 Å². The molecular formula is C20H23N3O3. The molecule has 2 aromatic carbocycles. The van der Waals surface area contributed by atoms with Crippen molar-refractivity contribution in [1.29, 1.82) is 0 Å². The lowest BCUT2D eigenvalue weighted by molar-refractivity contribution is -0.384. The van der Waals surface area contributed by atoms with Gasteiger partial charge < -0.3 is 10.2 Å². The van der Waals surface area contributed by atoms with E-state index in [1.54, 1.807) is 12.1 Å². The Morgan fingerprint density at radius 3 is 2.50 bits per heavy atom. The number of hydrogen-bond donors (Lipinski definition) is 1. The fraction of sp³-hybridized carbons (Fsp3) is 0.350. The van der Waals surface area contributed by atoms with Crippen molar-refractivity contribution in [3.8, 4) is 0 Å². The van der Waals surface area contributed by atoms with Gasteiger partial charge in [0.05, 0.1) is 4.92 Å². The van der Waals surface area contributed by atoms with Gasteiger partial charge in [0.2, 0.25) is 0 Å². The van der Waals surface area contributed by atoms with E-state index in [9.17, 15) is 14.9 Å². The maximum Gasteiger partial charge on any atom is 0.293 e. The van der Waals surface area contributed by atoms with E-state index in [1.165, 1.54) is 18.7 Å². The van der Waals surface area contributed by atoms with Crippen LogP contribution in [0.4, 0.5) is 11.4 Å². The van der Waals surface area contributed by atoms with Gasteiger partial charge in [-0.3, -0.25) is 14.9 Å². The molecule has 136 valence electrons. The zero-order valence-electron chi connectivity index (χ0n) is 14.9. The second-order valence-electron chi connectivity index (χ2n) is 6.66. The summed E-state index contributed by atoms with van der Waals surface area (Å²) >= 11 is 0. The molecule has 1 saturated heterocycles. The van der Waals surface area contributed by atoms with Gasteiger partial charge in [-0.2, -0.15) is 0 Å².